The molecule has 2 rings (SSSR count). The van der Waals surface area contributed by atoms with Gasteiger partial charge in [0.2, 0.25) is 0 Å². The Morgan fingerprint density at radius 2 is 2.06 bits per heavy atom. The summed E-state index contributed by atoms with van der Waals surface area (Å²) in [5.74, 6) is 1.26. The van der Waals surface area contributed by atoms with Gasteiger partial charge in [-0.3, -0.25) is 4.90 Å². The molecule has 0 aliphatic carbocycles. The van der Waals surface area contributed by atoms with E-state index in [-0.39, 0.29) is 6.04 Å². The zero-order chi connectivity index (χ0) is 13.2. The highest BCUT2D eigenvalue weighted by molar-refractivity contribution is 4.99. The van der Waals surface area contributed by atoms with E-state index in [2.05, 4.69) is 27.3 Å². The average Bonchev–Trinajstić information content (AvgIpc) is 2.89. The largest absolute Gasteiger partial charge is 0.369 e. The van der Waals surface area contributed by atoms with Crippen LogP contribution in [0.3, 0.4) is 0 Å². The summed E-state index contributed by atoms with van der Waals surface area (Å²) in [6, 6.07) is 0.178. The van der Waals surface area contributed by atoms with Crippen molar-refractivity contribution in [3.63, 3.8) is 0 Å². The summed E-state index contributed by atoms with van der Waals surface area (Å²) in [7, 11) is 1.64. The van der Waals surface area contributed by atoms with Crippen molar-refractivity contribution < 1.29 is 9.26 Å². The number of piperazine rings is 1. The number of methoxy groups -OCH3 is 1. The Labute approximate surface area is 108 Å². The number of nitrogens with zero attached hydrogens (tertiary/aromatic N) is 3. The molecule has 1 aliphatic heterocycles. The van der Waals surface area contributed by atoms with Crippen molar-refractivity contribution in [2.45, 2.75) is 32.4 Å². The number of ether oxygens (including phenoxy) is 1. The lowest BCUT2D eigenvalue weighted by Crippen LogP contribution is -2.44. The van der Waals surface area contributed by atoms with Crippen LogP contribution in [0.15, 0.2) is 4.52 Å². The Morgan fingerprint density at radius 1 is 1.39 bits per heavy atom. The molecule has 18 heavy (non-hydrogen) atoms. The van der Waals surface area contributed by atoms with Crippen molar-refractivity contribution >= 4 is 0 Å². The minimum atomic E-state index is -0.533. The lowest BCUT2D eigenvalue weighted by atomic mass is 10.1. The summed E-state index contributed by atoms with van der Waals surface area (Å²) in [5.41, 5.74) is -0.533. The maximum atomic E-state index is 5.34. The van der Waals surface area contributed by atoms with Crippen molar-refractivity contribution in [2.75, 3.05) is 33.3 Å². The molecule has 0 saturated carbocycles. The summed E-state index contributed by atoms with van der Waals surface area (Å²) in [6.07, 6.45) is 0. The van der Waals surface area contributed by atoms with E-state index in [1.165, 1.54) is 0 Å². The van der Waals surface area contributed by atoms with Crippen molar-refractivity contribution in [1.82, 2.24) is 20.4 Å². The van der Waals surface area contributed by atoms with Crippen LogP contribution in [0.4, 0.5) is 0 Å². The monoisotopic (exact) mass is 254 g/mol. The fourth-order valence-electron chi connectivity index (χ4n) is 1.97. The van der Waals surface area contributed by atoms with Gasteiger partial charge in [-0.2, -0.15) is 4.98 Å². The van der Waals surface area contributed by atoms with Gasteiger partial charge in [-0.25, -0.2) is 0 Å². The molecule has 1 aromatic heterocycles. The summed E-state index contributed by atoms with van der Waals surface area (Å²) in [5, 5.41) is 7.41. The Bertz CT molecular complexity index is 385. The fourth-order valence-corrected chi connectivity index (χ4v) is 1.97. The standard InChI is InChI=1S/C12H22N4O2/c1-9(16-7-5-13-6-8-16)10-14-11(18-15-10)12(2,3)17-4/h9,13H,5-8H2,1-4H3. The van der Waals surface area contributed by atoms with Crippen molar-refractivity contribution in [1.29, 1.82) is 0 Å². The van der Waals surface area contributed by atoms with E-state index < -0.39 is 5.60 Å². The molecule has 1 aliphatic rings. The molecule has 1 saturated heterocycles. The molecule has 2 heterocycles. The number of hydrogen-bond donors (Lipinski definition) is 1. The van der Waals surface area contributed by atoms with E-state index in [1.807, 2.05) is 13.8 Å². The van der Waals surface area contributed by atoms with Gasteiger partial charge in [0.15, 0.2) is 5.82 Å². The van der Waals surface area contributed by atoms with Crippen LogP contribution < -0.4 is 5.32 Å². The first kappa shape index (κ1) is 13.5. The van der Waals surface area contributed by atoms with Crippen molar-refractivity contribution in [2.24, 2.45) is 0 Å². The number of aromatic nitrogens is 2. The van der Waals surface area contributed by atoms with Crippen molar-refractivity contribution in [3.8, 4) is 0 Å². The first-order valence-electron chi connectivity index (χ1n) is 6.38. The van der Waals surface area contributed by atoms with Crippen LogP contribution in [0, 0.1) is 0 Å². The third-order valence-corrected chi connectivity index (χ3v) is 3.54. The first-order chi connectivity index (χ1) is 8.54. The number of hydrogen-bond acceptors (Lipinski definition) is 6. The molecule has 0 spiro atoms. The third kappa shape index (κ3) is 2.71. The Hall–Kier alpha value is -0.980. The zero-order valence-electron chi connectivity index (χ0n) is 11.6. The second kappa shape index (κ2) is 5.34. The zero-order valence-corrected chi connectivity index (χ0v) is 11.6. The van der Waals surface area contributed by atoms with E-state index in [0.717, 1.165) is 32.0 Å². The summed E-state index contributed by atoms with van der Waals surface area (Å²) < 4.78 is 10.6. The molecule has 0 bridgehead atoms. The van der Waals surface area contributed by atoms with E-state index in [1.54, 1.807) is 7.11 Å². The molecule has 1 aromatic rings. The molecular weight excluding hydrogens is 232 g/mol. The van der Waals surface area contributed by atoms with Gasteiger partial charge in [0.05, 0.1) is 6.04 Å². The molecule has 0 amide bonds. The number of rotatable bonds is 4. The van der Waals surface area contributed by atoms with Crippen LogP contribution in [0.1, 0.15) is 38.5 Å². The summed E-state index contributed by atoms with van der Waals surface area (Å²) in [6.45, 7) is 9.99. The van der Waals surface area contributed by atoms with Gasteiger partial charge in [0.1, 0.15) is 5.60 Å². The van der Waals surface area contributed by atoms with Gasteiger partial charge in [-0.05, 0) is 20.8 Å². The second-order valence-electron chi connectivity index (χ2n) is 5.13. The van der Waals surface area contributed by atoms with Gasteiger partial charge < -0.3 is 14.6 Å². The summed E-state index contributed by atoms with van der Waals surface area (Å²) >= 11 is 0. The van der Waals surface area contributed by atoms with Crippen LogP contribution in [0.2, 0.25) is 0 Å². The Kier molecular flexibility index (Phi) is 3.99. The maximum Gasteiger partial charge on any atom is 0.258 e. The van der Waals surface area contributed by atoms with E-state index in [9.17, 15) is 0 Å². The Balaban J connectivity index is 2.09. The van der Waals surface area contributed by atoms with Crippen LogP contribution in [-0.2, 0) is 10.3 Å². The SMILES string of the molecule is COC(C)(C)c1nc(C(C)N2CCNCC2)no1. The normalized spacial score (nSPS) is 20.0. The predicted octanol–water partition coefficient (Wildman–Crippen LogP) is 0.917. The molecule has 0 aromatic carbocycles. The Morgan fingerprint density at radius 3 is 2.67 bits per heavy atom. The van der Waals surface area contributed by atoms with E-state index >= 15 is 0 Å². The van der Waals surface area contributed by atoms with Crippen LogP contribution in [0.25, 0.3) is 0 Å². The average molecular weight is 254 g/mol. The maximum absolute atomic E-state index is 5.34. The molecule has 1 unspecified atom stereocenters. The van der Waals surface area contributed by atoms with Gasteiger partial charge in [0, 0.05) is 33.3 Å². The van der Waals surface area contributed by atoms with Crippen LogP contribution in [0.5, 0.6) is 0 Å². The third-order valence-electron chi connectivity index (χ3n) is 3.54. The highest BCUT2D eigenvalue weighted by atomic mass is 16.5. The molecule has 102 valence electrons. The first-order valence-corrected chi connectivity index (χ1v) is 6.38. The van der Waals surface area contributed by atoms with E-state index in [4.69, 9.17) is 9.26 Å². The molecule has 1 atom stereocenters. The van der Waals surface area contributed by atoms with Gasteiger partial charge in [-0.1, -0.05) is 5.16 Å². The molecular formula is C12H22N4O2. The minimum absolute atomic E-state index is 0.178. The highest BCUT2D eigenvalue weighted by Gasteiger charge is 2.29. The lowest BCUT2D eigenvalue weighted by Gasteiger charge is -2.30. The van der Waals surface area contributed by atoms with Gasteiger partial charge in [0.25, 0.3) is 5.89 Å². The molecule has 0 radical (unpaired) electrons. The fraction of sp³-hybridized carbons (Fsp3) is 0.833. The molecule has 6 nitrogen and oxygen atoms in total. The molecule has 6 heteroatoms. The predicted molar refractivity (Wildman–Crippen MR) is 67.2 cm³/mol. The molecule has 1 fully saturated rings. The highest BCUT2D eigenvalue weighted by Crippen LogP contribution is 2.24. The smallest absolute Gasteiger partial charge is 0.258 e. The quantitative estimate of drug-likeness (QED) is 0.862. The van der Waals surface area contributed by atoms with Crippen LogP contribution in [-0.4, -0.2) is 48.3 Å². The van der Waals surface area contributed by atoms with Crippen LogP contribution >= 0.6 is 0 Å². The second-order valence-corrected chi connectivity index (χ2v) is 5.13. The minimum Gasteiger partial charge on any atom is -0.369 e. The topological polar surface area (TPSA) is 63.4 Å². The van der Waals surface area contributed by atoms with Crippen molar-refractivity contribution in [3.05, 3.63) is 11.7 Å². The van der Waals surface area contributed by atoms with Gasteiger partial charge in [-0.15, -0.1) is 0 Å². The number of nitrogens with one attached hydrogen (secondary N) is 1. The van der Waals surface area contributed by atoms with E-state index in [0.29, 0.717) is 5.89 Å². The lowest BCUT2D eigenvalue weighted by molar-refractivity contribution is -0.00787. The summed E-state index contributed by atoms with van der Waals surface area (Å²) in [4.78, 5) is 6.82. The van der Waals surface area contributed by atoms with Gasteiger partial charge >= 0.3 is 0 Å². The molecule has 1 N–H and O–H groups in total.